The summed E-state index contributed by atoms with van der Waals surface area (Å²) in [5.74, 6) is -0.324. The predicted molar refractivity (Wildman–Crippen MR) is 90.3 cm³/mol. The van der Waals surface area contributed by atoms with E-state index in [1.54, 1.807) is 23.0 Å². The fourth-order valence-corrected chi connectivity index (χ4v) is 3.19. The van der Waals surface area contributed by atoms with Crippen molar-refractivity contribution in [3.63, 3.8) is 0 Å². The lowest BCUT2D eigenvalue weighted by Gasteiger charge is -2.23. The minimum absolute atomic E-state index is 0.0564. The Hall–Kier alpha value is -1.92. The first-order valence-corrected chi connectivity index (χ1v) is 8.45. The maximum atomic E-state index is 13.8. The number of hydrogen-bond acceptors (Lipinski definition) is 3. The van der Waals surface area contributed by atoms with Crippen LogP contribution in [-0.4, -0.2) is 28.8 Å². The summed E-state index contributed by atoms with van der Waals surface area (Å²) in [6.45, 7) is 2.17. The van der Waals surface area contributed by atoms with Crippen molar-refractivity contribution in [3.05, 3.63) is 52.6 Å². The van der Waals surface area contributed by atoms with Crippen LogP contribution in [0.4, 0.5) is 4.39 Å². The summed E-state index contributed by atoms with van der Waals surface area (Å²) in [6.07, 6.45) is 3.93. The van der Waals surface area contributed by atoms with Crippen LogP contribution in [0.25, 0.3) is 0 Å². The number of benzene rings is 1. The molecule has 0 bridgehead atoms. The molecule has 2 heterocycles. The number of carbonyl (C=O) groups excluding carboxylic acids is 1. The largest absolute Gasteiger partial charge is 0.350 e. The van der Waals surface area contributed by atoms with Crippen molar-refractivity contribution in [2.24, 2.45) is 0 Å². The van der Waals surface area contributed by atoms with Gasteiger partial charge in [0.1, 0.15) is 12.4 Å². The lowest BCUT2D eigenvalue weighted by Crippen LogP contribution is -2.32. The van der Waals surface area contributed by atoms with Gasteiger partial charge in [-0.15, -0.1) is 0 Å². The topological polar surface area (TPSA) is 59.0 Å². The van der Waals surface area contributed by atoms with E-state index in [4.69, 9.17) is 11.6 Å². The van der Waals surface area contributed by atoms with Crippen LogP contribution in [0.1, 0.15) is 30.0 Å². The van der Waals surface area contributed by atoms with Gasteiger partial charge in [-0.2, -0.15) is 5.10 Å². The van der Waals surface area contributed by atoms with E-state index >= 15 is 0 Å². The number of nitrogens with one attached hydrogen (secondary N) is 2. The normalized spacial score (nSPS) is 17.7. The van der Waals surface area contributed by atoms with E-state index in [0.717, 1.165) is 31.6 Å². The number of hydrogen-bond donors (Lipinski definition) is 2. The molecule has 1 unspecified atom stereocenters. The van der Waals surface area contributed by atoms with Gasteiger partial charge in [0.15, 0.2) is 0 Å². The molecule has 0 radical (unpaired) electrons. The van der Waals surface area contributed by atoms with Crippen molar-refractivity contribution in [1.29, 1.82) is 0 Å². The molecule has 1 aliphatic heterocycles. The van der Waals surface area contributed by atoms with E-state index < -0.39 is 5.82 Å². The molecular formula is C17H20ClFN4O. The summed E-state index contributed by atoms with van der Waals surface area (Å²) in [6, 6.07) is 6.71. The fraction of sp³-hybridized carbons (Fsp3) is 0.412. The molecule has 0 saturated carbocycles. The molecule has 1 saturated heterocycles. The fourth-order valence-electron chi connectivity index (χ4n) is 3.00. The van der Waals surface area contributed by atoms with Crippen LogP contribution in [-0.2, 0) is 17.9 Å². The monoisotopic (exact) mass is 350 g/mol. The standard InChI is InChI=1S/C17H20ClFN4O/c18-14-5-1-3-13(17(14)19)10-21-16(24)11-23-15(6-8-22-23)12-4-2-7-20-9-12/h1,3,5-6,8,12,20H,2,4,7,9-11H2,(H,21,24). The second-order valence-electron chi connectivity index (χ2n) is 5.95. The Morgan fingerprint density at radius 3 is 3.12 bits per heavy atom. The third-order valence-electron chi connectivity index (χ3n) is 4.27. The van der Waals surface area contributed by atoms with Crippen molar-refractivity contribution in [3.8, 4) is 0 Å². The van der Waals surface area contributed by atoms with Gasteiger partial charge in [-0.1, -0.05) is 23.7 Å². The molecule has 1 amide bonds. The maximum Gasteiger partial charge on any atom is 0.242 e. The van der Waals surface area contributed by atoms with Gasteiger partial charge in [-0.3, -0.25) is 9.48 Å². The average Bonchev–Trinajstić information content (AvgIpc) is 3.05. The Kier molecular flexibility index (Phi) is 5.48. The van der Waals surface area contributed by atoms with Crippen LogP contribution in [0, 0.1) is 5.82 Å². The molecule has 1 fully saturated rings. The number of piperidine rings is 1. The molecule has 1 atom stereocenters. The number of nitrogens with zero attached hydrogens (tertiary/aromatic N) is 2. The van der Waals surface area contributed by atoms with Crippen molar-refractivity contribution < 1.29 is 9.18 Å². The second kappa shape index (κ2) is 7.77. The molecular weight excluding hydrogens is 331 g/mol. The van der Waals surface area contributed by atoms with E-state index in [-0.39, 0.29) is 24.0 Å². The molecule has 3 rings (SSSR count). The van der Waals surface area contributed by atoms with Crippen molar-refractivity contribution in [2.75, 3.05) is 13.1 Å². The minimum Gasteiger partial charge on any atom is -0.350 e. The highest BCUT2D eigenvalue weighted by molar-refractivity contribution is 6.30. The zero-order chi connectivity index (χ0) is 16.9. The average molecular weight is 351 g/mol. The highest BCUT2D eigenvalue weighted by atomic mass is 35.5. The Labute approximate surface area is 145 Å². The Balaban J connectivity index is 1.59. The zero-order valence-electron chi connectivity index (χ0n) is 13.3. The van der Waals surface area contributed by atoms with Gasteiger partial charge >= 0.3 is 0 Å². The number of amides is 1. The van der Waals surface area contributed by atoms with Gasteiger partial charge < -0.3 is 10.6 Å². The molecule has 7 heteroatoms. The van der Waals surface area contributed by atoms with Crippen LogP contribution in [0.2, 0.25) is 5.02 Å². The summed E-state index contributed by atoms with van der Waals surface area (Å²) >= 11 is 5.74. The summed E-state index contributed by atoms with van der Waals surface area (Å²) in [5.41, 5.74) is 1.43. The molecule has 5 nitrogen and oxygen atoms in total. The molecule has 1 aromatic carbocycles. The molecule has 0 aliphatic carbocycles. The van der Waals surface area contributed by atoms with E-state index in [1.165, 1.54) is 6.07 Å². The predicted octanol–water partition coefficient (Wildman–Crippen LogP) is 2.46. The zero-order valence-corrected chi connectivity index (χ0v) is 14.0. The first kappa shape index (κ1) is 16.9. The molecule has 0 spiro atoms. The van der Waals surface area contributed by atoms with Gasteiger partial charge in [0.2, 0.25) is 5.91 Å². The third-order valence-corrected chi connectivity index (χ3v) is 4.56. The maximum absolute atomic E-state index is 13.8. The molecule has 1 aliphatic rings. The van der Waals surface area contributed by atoms with Crippen LogP contribution >= 0.6 is 11.6 Å². The quantitative estimate of drug-likeness (QED) is 0.871. The van der Waals surface area contributed by atoms with Gasteiger partial charge in [-0.05, 0) is 31.5 Å². The molecule has 2 aromatic rings. The molecule has 24 heavy (non-hydrogen) atoms. The lowest BCUT2D eigenvalue weighted by atomic mass is 9.96. The Morgan fingerprint density at radius 1 is 1.46 bits per heavy atom. The van der Waals surface area contributed by atoms with E-state index in [9.17, 15) is 9.18 Å². The second-order valence-corrected chi connectivity index (χ2v) is 6.35. The van der Waals surface area contributed by atoms with Crippen molar-refractivity contribution in [2.45, 2.75) is 31.8 Å². The number of carbonyl (C=O) groups is 1. The van der Waals surface area contributed by atoms with Crippen molar-refractivity contribution >= 4 is 17.5 Å². The van der Waals surface area contributed by atoms with Gasteiger partial charge in [0.05, 0.1) is 5.02 Å². The third kappa shape index (κ3) is 3.94. The van der Waals surface area contributed by atoms with E-state index in [2.05, 4.69) is 15.7 Å². The summed E-state index contributed by atoms with van der Waals surface area (Å²) in [7, 11) is 0. The lowest BCUT2D eigenvalue weighted by molar-refractivity contribution is -0.122. The highest BCUT2D eigenvalue weighted by Crippen LogP contribution is 2.22. The van der Waals surface area contributed by atoms with Crippen LogP contribution in [0.3, 0.4) is 0 Å². The number of aromatic nitrogens is 2. The smallest absolute Gasteiger partial charge is 0.242 e. The first-order chi connectivity index (χ1) is 11.6. The molecule has 128 valence electrons. The number of halogens is 2. The van der Waals surface area contributed by atoms with E-state index in [0.29, 0.717) is 11.5 Å². The minimum atomic E-state index is -0.493. The Bertz CT molecular complexity index is 712. The van der Waals surface area contributed by atoms with Gasteiger partial charge in [-0.25, -0.2) is 4.39 Å². The Morgan fingerprint density at radius 2 is 2.33 bits per heavy atom. The summed E-state index contributed by atoms with van der Waals surface area (Å²) in [4.78, 5) is 12.2. The SMILES string of the molecule is O=C(Cn1nccc1C1CCCNC1)NCc1cccc(Cl)c1F. The van der Waals surface area contributed by atoms with E-state index in [1.807, 2.05) is 6.07 Å². The molecule has 2 N–H and O–H groups in total. The van der Waals surface area contributed by atoms with Crippen molar-refractivity contribution in [1.82, 2.24) is 20.4 Å². The van der Waals surface area contributed by atoms with Gasteiger partial charge in [0, 0.05) is 36.5 Å². The number of rotatable bonds is 5. The summed E-state index contributed by atoms with van der Waals surface area (Å²) < 4.78 is 15.6. The van der Waals surface area contributed by atoms with Crippen LogP contribution in [0.5, 0.6) is 0 Å². The van der Waals surface area contributed by atoms with Crippen LogP contribution < -0.4 is 10.6 Å². The summed E-state index contributed by atoms with van der Waals surface area (Å²) in [5, 5.41) is 10.4. The first-order valence-electron chi connectivity index (χ1n) is 8.07. The van der Waals surface area contributed by atoms with Crippen LogP contribution in [0.15, 0.2) is 30.5 Å². The highest BCUT2D eigenvalue weighted by Gasteiger charge is 2.20. The van der Waals surface area contributed by atoms with Gasteiger partial charge in [0.25, 0.3) is 0 Å². The molecule has 1 aromatic heterocycles.